The van der Waals surface area contributed by atoms with Gasteiger partial charge in [-0.15, -0.1) is 25.6 Å². The largest absolute Gasteiger partial charge is 0.573 e. The zero-order valence-electron chi connectivity index (χ0n) is 10.5. The first kappa shape index (κ1) is 18.5. The molecule has 0 radical (unpaired) electrons. The van der Waals surface area contributed by atoms with Crippen molar-refractivity contribution in [2.24, 2.45) is 11.7 Å². The van der Waals surface area contributed by atoms with Crippen molar-refractivity contribution in [3.63, 3.8) is 0 Å². The summed E-state index contributed by atoms with van der Waals surface area (Å²) in [6.07, 6.45) is -3.93. The fraction of sp³-hybridized carbons (Fsp3) is 0.500. The standard InChI is InChI=1S/C12H15BrF3NO.ClH/c1-3-7(2)11(17)9-6-8(13)4-5-10(9)18-12(14,15)16;/h4-7,11H,3,17H2,1-2H3;1H/t7?,11-;/m1./s1. The van der Waals surface area contributed by atoms with Gasteiger partial charge in [-0.2, -0.15) is 0 Å². The molecule has 1 unspecified atom stereocenters. The van der Waals surface area contributed by atoms with E-state index in [0.29, 0.717) is 10.0 Å². The van der Waals surface area contributed by atoms with Crippen LogP contribution < -0.4 is 10.5 Å². The van der Waals surface area contributed by atoms with Crippen LogP contribution in [0.1, 0.15) is 31.9 Å². The molecule has 19 heavy (non-hydrogen) atoms. The van der Waals surface area contributed by atoms with Crippen LogP contribution in [0.2, 0.25) is 0 Å². The van der Waals surface area contributed by atoms with E-state index in [9.17, 15) is 13.2 Å². The van der Waals surface area contributed by atoms with Crippen LogP contribution in [0.4, 0.5) is 13.2 Å². The smallest absolute Gasteiger partial charge is 0.405 e. The van der Waals surface area contributed by atoms with Gasteiger partial charge >= 0.3 is 6.36 Å². The molecule has 2 nitrogen and oxygen atoms in total. The van der Waals surface area contributed by atoms with Gasteiger partial charge < -0.3 is 10.5 Å². The van der Waals surface area contributed by atoms with Gasteiger partial charge in [-0.3, -0.25) is 0 Å². The Bertz CT molecular complexity index is 414. The molecule has 7 heteroatoms. The van der Waals surface area contributed by atoms with Crippen molar-refractivity contribution in [2.75, 3.05) is 0 Å². The highest BCUT2D eigenvalue weighted by molar-refractivity contribution is 9.10. The normalized spacial score (nSPS) is 14.5. The summed E-state index contributed by atoms with van der Waals surface area (Å²) in [4.78, 5) is 0. The van der Waals surface area contributed by atoms with Crippen molar-refractivity contribution in [3.05, 3.63) is 28.2 Å². The molecule has 0 spiro atoms. The molecule has 0 fully saturated rings. The minimum absolute atomic E-state index is 0. The molecule has 1 aromatic rings. The Hall–Kier alpha value is -0.460. The molecule has 1 rings (SSSR count). The summed E-state index contributed by atoms with van der Waals surface area (Å²) in [5.74, 6) is -0.173. The minimum atomic E-state index is -4.71. The maximum absolute atomic E-state index is 12.3. The fourth-order valence-electron chi connectivity index (χ4n) is 1.56. The summed E-state index contributed by atoms with van der Waals surface area (Å²) in [5, 5.41) is 0. The van der Waals surface area contributed by atoms with Crippen LogP contribution in [0, 0.1) is 5.92 Å². The molecule has 0 aliphatic rings. The monoisotopic (exact) mass is 361 g/mol. The molecule has 110 valence electrons. The number of hydrogen-bond acceptors (Lipinski definition) is 2. The molecule has 0 amide bonds. The predicted octanol–water partition coefficient (Wildman–Crippen LogP) is 4.82. The van der Waals surface area contributed by atoms with Crippen molar-refractivity contribution in [2.45, 2.75) is 32.7 Å². The van der Waals surface area contributed by atoms with Gasteiger partial charge in [-0.05, 0) is 24.1 Å². The second-order valence-corrected chi connectivity index (χ2v) is 5.06. The Labute approximate surface area is 125 Å². The SMILES string of the molecule is CCC(C)[C@@H](N)c1cc(Br)ccc1OC(F)(F)F.Cl. The molecule has 0 saturated carbocycles. The highest BCUT2D eigenvalue weighted by atomic mass is 79.9. The highest BCUT2D eigenvalue weighted by Gasteiger charge is 2.33. The van der Waals surface area contributed by atoms with Crippen molar-refractivity contribution in [1.29, 1.82) is 0 Å². The van der Waals surface area contributed by atoms with E-state index in [4.69, 9.17) is 5.73 Å². The number of benzene rings is 1. The Morgan fingerprint density at radius 3 is 2.42 bits per heavy atom. The van der Waals surface area contributed by atoms with E-state index in [1.165, 1.54) is 12.1 Å². The van der Waals surface area contributed by atoms with Crippen LogP contribution in [-0.4, -0.2) is 6.36 Å². The first-order valence-electron chi connectivity index (χ1n) is 5.55. The summed E-state index contributed by atoms with van der Waals surface area (Å²) in [6, 6.07) is 3.84. The second kappa shape index (κ2) is 7.36. The Balaban J connectivity index is 0.00000324. The van der Waals surface area contributed by atoms with E-state index in [0.717, 1.165) is 6.42 Å². The van der Waals surface area contributed by atoms with Crippen LogP contribution in [0.3, 0.4) is 0 Å². The summed E-state index contributed by atoms with van der Waals surface area (Å²) >= 11 is 3.22. The third kappa shape index (κ3) is 5.58. The Morgan fingerprint density at radius 2 is 1.95 bits per heavy atom. The molecule has 0 saturated heterocycles. The molecule has 0 aromatic heterocycles. The number of hydrogen-bond donors (Lipinski definition) is 1. The fourth-order valence-corrected chi connectivity index (χ4v) is 1.94. The summed E-state index contributed by atoms with van der Waals surface area (Å²) in [5.41, 5.74) is 6.33. The van der Waals surface area contributed by atoms with Crippen molar-refractivity contribution >= 4 is 28.3 Å². The van der Waals surface area contributed by atoms with E-state index >= 15 is 0 Å². The maximum Gasteiger partial charge on any atom is 0.573 e. The highest BCUT2D eigenvalue weighted by Crippen LogP contribution is 2.35. The number of rotatable bonds is 4. The molecular formula is C12H16BrClF3NO. The molecule has 2 atom stereocenters. The quantitative estimate of drug-likeness (QED) is 0.834. The van der Waals surface area contributed by atoms with Crippen molar-refractivity contribution < 1.29 is 17.9 Å². The maximum atomic E-state index is 12.3. The van der Waals surface area contributed by atoms with Crippen LogP contribution in [0.15, 0.2) is 22.7 Å². The minimum Gasteiger partial charge on any atom is -0.405 e. The Morgan fingerprint density at radius 1 is 1.37 bits per heavy atom. The lowest BCUT2D eigenvalue weighted by atomic mass is 9.93. The predicted molar refractivity (Wildman–Crippen MR) is 74.5 cm³/mol. The first-order chi connectivity index (χ1) is 8.24. The summed E-state index contributed by atoms with van der Waals surface area (Å²) in [7, 11) is 0. The van der Waals surface area contributed by atoms with Crippen molar-refractivity contribution in [3.8, 4) is 5.75 Å². The van der Waals surface area contributed by atoms with Crippen LogP contribution in [-0.2, 0) is 0 Å². The number of halogens is 5. The van der Waals surface area contributed by atoms with Crippen LogP contribution in [0.5, 0.6) is 5.75 Å². The average molecular weight is 363 g/mol. The van der Waals surface area contributed by atoms with Crippen LogP contribution >= 0.6 is 28.3 Å². The molecule has 0 bridgehead atoms. The lowest BCUT2D eigenvalue weighted by molar-refractivity contribution is -0.275. The van der Waals surface area contributed by atoms with Crippen molar-refractivity contribution in [1.82, 2.24) is 0 Å². The zero-order chi connectivity index (χ0) is 13.9. The van der Waals surface area contributed by atoms with Crippen LogP contribution in [0.25, 0.3) is 0 Å². The average Bonchev–Trinajstić information content (AvgIpc) is 2.27. The number of nitrogens with two attached hydrogens (primary N) is 1. The number of alkyl halides is 3. The van der Waals surface area contributed by atoms with E-state index in [1.54, 1.807) is 6.07 Å². The molecule has 0 aliphatic carbocycles. The van der Waals surface area contributed by atoms with E-state index < -0.39 is 12.4 Å². The lowest BCUT2D eigenvalue weighted by Gasteiger charge is -2.22. The zero-order valence-corrected chi connectivity index (χ0v) is 12.9. The lowest BCUT2D eigenvalue weighted by Crippen LogP contribution is -2.23. The van der Waals surface area contributed by atoms with Gasteiger partial charge in [0.15, 0.2) is 0 Å². The van der Waals surface area contributed by atoms with Gasteiger partial charge in [0.25, 0.3) is 0 Å². The summed E-state index contributed by atoms with van der Waals surface area (Å²) in [6.45, 7) is 3.83. The van der Waals surface area contributed by atoms with E-state index in [2.05, 4.69) is 20.7 Å². The number of ether oxygens (including phenoxy) is 1. The van der Waals surface area contributed by atoms with Gasteiger partial charge in [0, 0.05) is 16.1 Å². The molecule has 2 N–H and O–H groups in total. The third-order valence-corrected chi connectivity index (χ3v) is 3.31. The summed E-state index contributed by atoms with van der Waals surface area (Å²) < 4.78 is 41.6. The van der Waals surface area contributed by atoms with Gasteiger partial charge in [0.2, 0.25) is 0 Å². The first-order valence-corrected chi connectivity index (χ1v) is 6.34. The second-order valence-electron chi connectivity index (χ2n) is 4.14. The van der Waals surface area contributed by atoms with E-state index in [-0.39, 0.29) is 24.1 Å². The van der Waals surface area contributed by atoms with Gasteiger partial charge in [0.1, 0.15) is 5.75 Å². The molecular weight excluding hydrogens is 346 g/mol. The topological polar surface area (TPSA) is 35.2 Å². The third-order valence-electron chi connectivity index (χ3n) is 2.81. The molecule has 1 aromatic carbocycles. The van der Waals surface area contributed by atoms with Gasteiger partial charge in [-0.1, -0.05) is 36.2 Å². The van der Waals surface area contributed by atoms with Gasteiger partial charge in [-0.25, -0.2) is 0 Å². The van der Waals surface area contributed by atoms with E-state index in [1.807, 2.05) is 13.8 Å². The Kier molecular flexibility index (Phi) is 7.18. The molecule has 0 heterocycles. The van der Waals surface area contributed by atoms with Gasteiger partial charge in [0.05, 0.1) is 0 Å². The molecule has 0 aliphatic heterocycles.